The molecule has 130 valence electrons. The van der Waals surface area contributed by atoms with Crippen LogP contribution in [0.3, 0.4) is 0 Å². The van der Waals surface area contributed by atoms with Crippen LogP contribution >= 0.6 is 0 Å². The molecule has 6 heteroatoms. The van der Waals surface area contributed by atoms with Crippen molar-refractivity contribution in [3.8, 4) is 11.1 Å². The molecule has 0 atom stereocenters. The minimum Gasteiger partial charge on any atom is -0.378 e. The first kappa shape index (κ1) is 16.1. The summed E-state index contributed by atoms with van der Waals surface area (Å²) in [6.07, 6.45) is 5.46. The molecule has 0 bridgehead atoms. The maximum absolute atomic E-state index is 4.54. The zero-order valence-electron chi connectivity index (χ0n) is 14.8. The van der Waals surface area contributed by atoms with Crippen molar-refractivity contribution in [2.75, 3.05) is 24.3 Å². The van der Waals surface area contributed by atoms with Gasteiger partial charge < -0.3 is 10.2 Å². The maximum atomic E-state index is 4.54. The van der Waals surface area contributed by atoms with Gasteiger partial charge in [-0.1, -0.05) is 18.2 Å². The molecule has 0 radical (unpaired) electrons. The monoisotopic (exact) mass is 344 g/mol. The van der Waals surface area contributed by atoms with Crippen LogP contribution in [-0.4, -0.2) is 33.7 Å². The van der Waals surface area contributed by atoms with E-state index in [0.29, 0.717) is 6.54 Å². The third-order valence-corrected chi connectivity index (χ3v) is 4.25. The molecule has 0 saturated heterocycles. The van der Waals surface area contributed by atoms with Crippen molar-refractivity contribution >= 4 is 17.2 Å². The van der Waals surface area contributed by atoms with Gasteiger partial charge in [-0.3, -0.25) is 4.98 Å². The third-order valence-electron chi connectivity index (χ3n) is 4.25. The van der Waals surface area contributed by atoms with Gasteiger partial charge in [0.1, 0.15) is 5.82 Å². The lowest BCUT2D eigenvalue weighted by Crippen LogP contribution is -2.08. The summed E-state index contributed by atoms with van der Waals surface area (Å²) in [7, 11) is 4.07. The normalized spacial score (nSPS) is 10.8. The summed E-state index contributed by atoms with van der Waals surface area (Å²) < 4.78 is 1.83. The van der Waals surface area contributed by atoms with E-state index in [2.05, 4.69) is 49.5 Å². The number of anilines is 2. The zero-order valence-corrected chi connectivity index (χ0v) is 14.8. The molecule has 0 saturated carbocycles. The number of rotatable bonds is 5. The van der Waals surface area contributed by atoms with Gasteiger partial charge in [-0.25, -0.2) is 4.98 Å². The smallest absolute Gasteiger partial charge is 0.165 e. The lowest BCUT2D eigenvalue weighted by Gasteiger charge is -2.13. The molecule has 0 aliphatic rings. The minimum atomic E-state index is 0.630. The van der Waals surface area contributed by atoms with Crippen molar-refractivity contribution in [2.24, 2.45) is 0 Å². The highest BCUT2D eigenvalue weighted by atomic mass is 15.3. The summed E-state index contributed by atoms with van der Waals surface area (Å²) in [5.41, 5.74) is 5.05. The van der Waals surface area contributed by atoms with Crippen LogP contribution in [0.5, 0.6) is 0 Å². The molecule has 0 unspecified atom stereocenters. The molecular formula is C20H20N6. The Bertz CT molecular complexity index is 1020. The Hall–Kier alpha value is -3.41. The SMILES string of the molecule is CN(C)c1cccc(-c2cnn3c(NCc4ccccn4)ccnc23)c1. The average molecular weight is 344 g/mol. The number of nitrogens with one attached hydrogen (secondary N) is 1. The van der Waals surface area contributed by atoms with Gasteiger partial charge in [0.15, 0.2) is 5.65 Å². The summed E-state index contributed by atoms with van der Waals surface area (Å²) >= 11 is 0. The van der Waals surface area contributed by atoms with E-state index in [4.69, 9.17) is 0 Å². The van der Waals surface area contributed by atoms with Crippen LogP contribution in [0.2, 0.25) is 0 Å². The first-order valence-corrected chi connectivity index (χ1v) is 8.46. The Labute approximate surface area is 152 Å². The summed E-state index contributed by atoms with van der Waals surface area (Å²) in [6, 6.07) is 16.2. The van der Waals surface area contributed by atoms with E-state index in [1.165, 1.54) is 0 Å². The molecular weight excluding hydrogens is 324 g/mol. The number of aromatic nitrogens is 4. The van der Waals surface area contributed by atoms with Gasteiger partial charge in [0.05, 0.1) is 18.4 Å². The lowest BCUT2D eigenvalue weighted by atomic mass is 10.1. The Kier molecular flexibility index (Phi) is 4.23. The molecule has 0 fully saturated rings. The van der Waals surface area contributed by atoms with Crippen molar-refractivity contribution in [1.82, 2.24) is 19.6 Å². The molecule has 26 heavy (non-hydrogen) atoms. The summed E-state index contributed by atoms with van der Waals surface area (Å²) in [4.78, 5) is 11.0. The Morgan fingerprint density at radius 3 is 2.73 bits per heavy atom. The van der Waals surface area contributed by atoms with Crippen molar-refractivity contribution < 1.29 is 0 Å². The topological polar surface area (TPSA) is 58.4 Å². The van der Waals surface area contributed by atoms with Crippen LogP contribution in [0.4, 0.5) is 11.5 Å². The van der Waals surface area contributed by atoms with Crippen molar-refractivity contribution in [1.29, 1.82) is 0 Å². The molecule has 4 aromatic rings. The molecule has 0 spiro atoms. The highest BCUT2D eigenvalue weighted by molar-refractivity contribution is 5.79. The fourth-order valence-electron chi connectivity index (χ4n) is 2.86. The van der Waals surface area contributed by atoms with Gasteiger partial charge >= 0.3 is 0 Å². The Balaban J connectivity index is 1.68. The molecule has 3 aromatic heterocycles. The van der Waals surface area contributed by atoms with Gasteiger partial charge in [-0.2, -0.15) is 9.61 Å². The van der Waals surface area contributed by atoms with Crippen LogP contribution in [0.15, 0.2) is 67.1 Å². The maximum Gasteiger partial charge on any atom is 0.165 e. The van der Waals surface area contributed by atoms with E-state index in [1.54, 1.807) is 12.4 Å². The largest absolute Gasteiger partial charge is 0.378 e. The van der Waals surface area contributed by atoms with E-state index >= 15 is 0 Å². The van der Waals surface area contributed by atoms with Crippen LogP contribution in [0, 0.1) is 0 Å². The van der Waals surface area contributed by atoms with Crippen molar-refractivity contribution in [2.45, 2.75) is 6.54 Å². The second kappa shape index (κ2) is 6.84. The average Bonchev–Trinajstić information content (AvgIpc) is 3.12. The van der Waals surface area contributed by atoms with Crippen molar-refractivity contribution in [3.63, 3.8) is 0 Å². The fraction of sp³-hybridized carbons (Fsp3) is 0.150. The van der Waals surface area contributed by atoms with E-state index in [9.17, 15) is 0 Å². The van der Waals surface area contributed by atoms with Gasteiger partial charge in [0, 0.05) is 37.7 Å². The molecule has 4 rings (SSSR count). The predicted molar refractivity (Wildman–Crippen MR) is 104 cm³/mol. The Morgan fingerprint density at radius 2 is 1.92 bits per heavy atom. The second-order valence-corrected chi connectivity index (χ2v) is 6.24. The quantitative estimate of drug-likeness (QED) is 0.601. The number of pyridine rings is 1. The van der Waals surface area contributed by atoms with Gasteiger partial charge in [0.25, 0.3) is 0 Å². The van der Waals surface area contributed by atoms with E-state index in [1.807, 2.05) is 49.1 Å². The fourth-order valence-corrected chi connectivity index (χ4v) is 2.86. The minimum absolute atomic E-state index is 0.630. The summed E-state index contributed by atoms with van der Waals surface area (Å²) in [6.45, 7) is 0.630. The summed E-state index contributed by atoms with van der Waals surface area (Å²) in [5, 5.41) is 7.93. The number of benzene rings is 1. The zero-order chi connectivity index (χ0) is 17.9. The Morgan fingerprint density at radius 1 is 1.00 bits per heavy atom. The molecule has 3 heterocycles. The lowest BCUT2D eigenvalue weighted by molar-refractivity contribution is 0.917. The third kappa shape index (κ3) is 3.09. The molecule has 1 aromatic carbocycles. The van der Waals surface area contributed by atoms with Crippen LogP contribution < -0.4 is 10.2 Å². The van der Waals surface area contributed by atoms with E-state index in [-0.39, 0.29) is 0 Å². The molecule has 0 amide bonds. The van der Waals surface area contributed by atoms with E-state index in [0.717, 1.165) is 34.0 Å². The van der Waals surface area contributed by atoms with Crippen molar-refractivity contribution in [3.05, 3.63) is 72.8 Å². The van der Waals surface area contributed by atoms with Crippen LogP contribution in [0.1, 0.15) is 5.69 Å². The first-order valence-electron chi connectivity index (χ1n) is 8.46. The first-order chi connectivity index (χ1) is 12.7. The highest BCUT2D eigenvalue weighted by Crippen LogP contribution is 2.27. The number of hydrogen-bond donors (Lipinski definition) is 1. The van der Waals surface area contributed by atoms with Gasteiger partial charge in [0.2, 0.25) is 0 Å². The molecule has 1 N–H and O–H groups in total. The number of hydrogen-bond acceptors (Lipinski definition) is 5. The second-order valence-electron chi connectivity index (χ2n) is 6.24. The summed E-state index contributed by atoms with van der Waals surface area (Å²) in [5.74, 6) is 0.885. The highest BCUT2D eigenvalue weighted by Gasteiger charge is 2.11. The molecule has 0 aliphatic carbocycles. The number of fused-ring (bicyclic) bond motifs is 1. The standard InChI is InChI=1S/C20H20N6/c1-25(2)17-8-5-6-15(12-17)18-14-24-26-19(9-11-22-20(18)26)23-13-16-7-3-4-10-21-16/h3-12,14,23H,13H2,1-2H3. The predicted octanol–water partition coefficient (Wildman–Crippen LogP) is 3.47. The van der Waals surface area contributed by atoms with Gasteiger partial charge in [-0.15, -0.1) is 0 Å². The molecule has 0 aliphatic heterocycles. The van der Waals surface area contributed by atoms with E-state index < -0.39 is 0 Å². The van der Waals surface area contributed by atoms with Gasteiger partial charge in [-0.05, 0) is 35.9 Å². The number of nitrogens with zero attached hydrogens (tertiary/aromatic N) is 5. The molecule has 6 nitrogen and oxygen atoms in total. The van der Waals surface area contributed by atoms with Crippen LogP contribution in [-0.2, 0) is 6.54 Å². The van der Waals surface area contributed by atoms with Crippen LogP contribution in [0.25, 0.3) is 16.8 Å².